The molecule has 0 spiro atoms. The fraction of sp³-hybridized carbons (Fsp3) is 0.615. The van der Waals surface area contributed by atoms with Gasteiger partial charge in [0.15, 0.2) is 0 Å². The highest BCUT2D eigenvalue weighted by Crippen LogP contribution is 2.45. The normalized spacial score (nSPS) is 22.7. The number of hydrogen-bond acceptors (Lipinski definition) is 5. The van der Waals surface area contributed by atoms with E-state index in [-0.39, 0.29) is 0 Å². The summed E-state index contributed by atoms with van der Waals surface area (Å²) in [5, 5.41) is 8.28. The quantitative estimate of drug-likeness (QED) is 0.377. The van der Waals surface area contributed by atoms with Crippen LogP contribution in [0.5, 0.6) is 0 Å². The summed E-state index contributed by atoms with van der Waals surface area (Å²) >= 11 is 13.1. The van der Waals surface area contributed by atoms with Crippen molar-refractivity contribution >= 4 is 28.9 Å². The van der Waals surface area contributed by atoms with Crippen LogP contribution in [0.25, 0.3) is 11.1 Å². The second kappa shape index (κ2) is 10.9. The van der Waals surface area contributed by atoms with Crippen LogP contribution in [-0.2, 0) is 11.2 Å². The summed E-state index contributed by atoms with van der Waals surface area (Å²) in [6.07, 6.45) is 11.9. The highest BCUT2D eigenvalue weighted by Gasteiger charge is 2.36. The number of methoxy groups -OCH3 is 1. The van der Waals surface area contributed by atoms with Crippen LogP contribution < -0.4 is 10.6 Å². The van der Waals surface area contributed by atoms with Crippen molar-refractivity contribution in [1.29, 1.82) is 0 Å². The predicted octanol–water partition coefficient (Wildman–Crippen LogP) is 6.39. The van der Waals surface area contributed by atoms with Crippen molar-refractivity contribution in [2.45, 2.75) is 70.9 Å². The summed E-state index contributed by atoms with van der Waals surface area (Å²) in [7, 11) is 1.76. The van der Waals surface area contributed by atoms with E-state index in [1.165, 1.54) is 38.5 Å². The Morgan fingerprint density at radius 1 is 1.09 bits per heavy atom. The third-order valence-corrected chi connectivity index (χ3v) is 7.75. The van der Waals surface area contributed by atoms with Gasteiger partial charge in [-0.25, -0.2) is 4.98 Å². The molecule has 2 N–H and O–H groups in total. The lowest BCUT2D eigenvalue weighted by Crippen LogP contribution is -2.41. The van der Waals surface area contributed by atoms with Gasteiger partial charge in [-0.1, -0.05) is 30.1 Å². The molecule has 0 aromatic carbocycles. The topological polar surface area (TPSA) is 59.1 Å². The van der Waals surface area contributed by atoms with Gasteiger partial charge in [-0.15, -0.1) is 0 Å². The van der Waals surface area contributed by atoms with Crippen molar-refractivity contribution in [2.24, 2.45) is 11.3 Å². The van der Waals surface area contributed by atoms with E-state index >= 15 is 0 Å². The van der Waals surface area contributed by atoms with Gasteiger partial charge >= 0.3 is 0 Å². The van der Waals surface area contributed by atoms with Crippen molar-refractivity contribution < 1.29 is 4.74 Å². The van der Waals surface area contributed by atoms with Gasteiger partial charge in [0.25, 0.3) is 0 Å². The summed E-state index contributed by atoms with van der Waals surface area (Å²) in [6.45, 7) is 6.20. The number of hydrogen-bond donors (Lipinski definition) is 2. The maximum Gasteiger partial charge on any atom is 0.137 e. The molecule has 5 nitrogen and oxygen atoms in total. The fourth-order valence-electron chi connectivity index (χ4n) is 4.77. The van der Waals surface area contributed by atoms with Crippen molar-refractivity contribution in [3.8, 4) is 11.1 Å². The second-order valence-corrected chi connectivity index (χ2v) is 11.1. The van der Waals surface area contributed by atoms with E-state index in [1.54, 1.807) is 19.5 Å². The van der Waals surface area contributed by atoms with Crippen molar-refractivity contribution in [1.82, 2.24) is 15.3 Å². The minimum atomic E-state index is 0.396. The molecule has 2 fully saturated rings. The van der Waals surface area contributed by atoms with E-state index < -0.39 is 0 Å². The molecule has 2 aliphatic rings. The van der Waals surface area contributed by atoms with E-state index in [0.717, 1.165) is 42.1 Å². The molecule has 4 rings (SSSR count). The lowest BCUT2D eigenvalue weighted by molar-refractivity contribution is 0.158. The molecule has 2 heterocycles. The Morgan fingerprint density at radius 2 is 1.85 bits per heavy atom. The first-order valence-electron chi connectivity index (χ1n) is 12.1. The molecule has 1 atom stereocenters. The lowest BCUT2D eigenvalue weighted by Gasteiger charge is -2.31. The van der Waals surface area contributed by atoms with E-state index in [1.807, 2.05) is 0 Å². The van der Waals surface area contributed by atoms with Gasteiger partial charge in [-0.3, -0.25) is 4.98 Å². The number of aromatic nitrogens is 2. The van der Waals surface area contributed by atoms with E-state index in [4.69, 9.17) is 27.9 Å². The van der Waals surface area contributed by atoms with Crippen LogP contribution >= 0.6 is 23.2 Å². The van der Waals surface area contributed by atoms with Crippen LogP contribution in [0.3, 0.4) is 0 Å². The van der Waals surface area contributed by atoms with Crippen molar-refractivity contribution in [2.75, 3.05) is 25.6 Å². The van der Waals surface area contributed by atoms with Gasteiger partial charge in [0.2, 0.25) is 0 Å². The molecule has 2 aromatic heterocycles. The second-order valence-electron chi connectivity index (χ2n) is 10.3. The molecular weight excluding hydrogens is 455 g/mol. The Kier molecular flexibility index (Phi) is 8.16. The first-order valence-corrected chi connectivity index (χ1v) is 12.9. The van der Waals surface area contributed by atoms with Crippen molar-refractivity contribution in [3.63, 3.8) is 0 Å². The number of rotatable bonds is 10. The largest absolute Gasteiger partial charge is 0.383 e. The number of halogens is 2. The molecule has 0 unspecified atom stereocenters. The average Bonchev–Trinajstić information content (AvgIpc) is 3.53. The monoisotopic (exact) mass is 490 g/mol. The highest BCUT2D eigenvalue weighted by molar-refractivity contribution is 6.35. The Labute approximate surface area is 208 Å². The zero-order valence-electron chi connectivity index (χ0n) is 20.0. The minimum Gasteiger partial charge on any atom is -0.383 e. The highest BCUT2D eigenvalue weighted by atomic mass is 35.5. The molecule has 33 heavy (non-hydrogen) atoms. The number of nitrogens with one attached hydrogen (secondary N) is 2. The molecular formula is C26H36Cl2N4O. The number of ether oxygens (including phenoxy) is 1. The Hall–Kier alpha value is -1.40. The minimum absolute atomic E-state index is 0.396. The van der Waals surface area contributed by atoms with E-state index in [9.17, 15) is 0 Å². The molecule has 0 saturated heterocycles. The Morgan fingerprint density at radius 3 is 2.55 bits per heavy atom. The molecule has 0 amide bonds. The smallest absolute Gasteiger partial charge is 0.137 e. The maximum absolute atomic E-state index is 6.56. The maximum atomic E-state index is 6.56. The van der Waals surface area contributed by atoms with E-state index in [0.29, 0.717) is 33.6 Å². The van der Waals surface area contributed by atoms with Gasteiger partial charge in [0.05, 0.1) is 23.5 Å². The number of anilines is 1. The number of pyridine rings is 2. The van der Waals surface area contributed by atoms with Crippen LogP contribution in [0.4, 0.5) is 5.69 Å². The standard InChI is InChI=1S/C26H36Cl2N4O/c1-17(15-33-3)32-19-6-4-18(5-7-19)10-20-11-22(24(27)14-29-20)23-12-21(13-30-25(23)28)31-16-26(2)8-9-26/h11-14,17-19,31-32H,4-10,15-16H2,1-3H3/t17-,18?,19?/m1/s1. The van der Waals surface area contributed by atoms with Gasteiger partial charge in [-0.05, 0) is 75.3 Å². The van der Waals surface area contributed by atoms with Crippen molar-refractivity contribution in [3.05, 3.63) is 40.4 Å². The van der Waals surface area contributed by atoms with Crippen LogP contribution in [0.15, 0.2) is 24.5 Å². The summed E-state index contributed by atoms with van der Waals surface area (Å²) in [5.41, 5.74) is 4.22. The molecule has 0 radical (unpaired) electrons. The summed E-state index contributed by atoms with van der Waals surface area (Å²) in [4.78, 5) is 9.05. The molecule has 2 aromatic rings. The average molecular weight is 492 g/mol. The van der Waals surface area contributed by atoms with Crippen LogP contribution in [-0.4, -0.2) is 42.3 Å². The Balaban J connectivity index is 1.40. The zero-order valence-corrected chi connectivity index (χ0v) is 21.5. The third kappa shape index (κ3) is 6.82. The summed E-state index contributed by atoms with van der Waals surface area (Å²) < 4.78 is 5.25. The predicted molar refractivity (Wildman–Crippen MR) is 137 cm³/mol. The molecule has 2 saturated carbocycles. The van der Waals surface area contributed by atoms with E-state index in [2.05, 4.69) is 46.6 Å². The third-order valence-electron chi connectivity index (χ3n) is 7.15. The summed E-state index contributed by atoms with van der Waals surface area (Å²) in [6, 6.07) is 5.14. The lowest BCUT2D eigenvalue weighted by atomic mass is 9.83. The molecule has 0 aliphatic heterocycles. The first-order chi connectivity index (χ1) is 15.8. The van der Waals surface area contributed by atoms with Crippen LogP contribution in [0, 0.1) is 11.3 Å². The van der Waals surface area contributed by atoms with Crippen LogP contribution in [0.1, 0.15) is 58.1 Å². The Bertz CT molecular complexity index is 942. The summed E-state index contributed by atoms with van der Waals surface area (Å²) in [5.74, 6) is 0.642. The molecule has 2 aliphatic carbocycles. The van der Waals surface area contributed by atoms with Gasteiger partial charge in [0.1, 0.15) is 5.15 Å². The molecule has 180 valence electrons. The van der Waals surface area contributed by atoms with Gasteiger partial charge in [0, 0.05) is 48.8 Å². The number of nitrogens with zero attached hydrogens (tertiary/aromatic N) is 2. The van der Waals surface area contributed by atoms with Gasteiger partial charge in [-0.2, -0.15) is 0 Å². The zero-order chi connectivity index (χ0) is 23.4. The van der Waals surface area contributed by atoms with Gasteiger partial charge < -0.3 is 15.4 Å². The molecule has 0 bridgehead atoms. The SMILES string of the molecule is COC[C@@H](C)NC1CCC(Cc2cc(-c3cc(NCC4(C)CC4)cnc3Cl)c(Cl)cn2)CC1. The fourth-order valence-corrected chi connectivity index (χ4v) is 5.18. The first kappa shape index (κ1) is 24.7. The molecule has 7 heteroatoms. The van der Waals surface area contributed by atoms with Crippen LogP contribution in [0.2, 0.25) is 10.2 Å².